The summed E-state index contributed by atoms with van der Waals surface area (Å²) in [6.07, 6.45) is 3.70. The summed E-state index contributed by atoms with van der Waals surface area (Å²) in [5.41, 5.74) is 1.31. The van der Waals surface area contributed by atoms with Gasteiger partial charge in [-0.15, -0.1) is 24.0 Å². The van der Waals surface area contributed by atoms with Gasteiger partial charge in [0, 0.05) is 30.1 Å². The Bertz CT molecular complexity index is 534. The van der Waals surface area contributed by atoms with Gasteiger partial charge in [-0.2, -0.15) is 0 Å². The average molecular weight is 450 g/mol. The maximum Gasteiger partial charge on any atom is 0.191 e. The zero-order valence-electron chi connectivity index (χ0n) is 13.4. The van der Waals surface area contributed by atoms with Crippen LogP contribution in [0, 0.1) is 0 Å². The second kappa shape index (κ2) is 9.08. The Balaban J connectivity index is 0.00000192. The van der Waals surface area contributed by atoms with E-state index >= 15 is 0 Å². The molecule has 3 atom stereocenters. The number of guanidine groups is 1. The summed E-state index contributed by atoms with van der Waals surface area (Å²) in [5, 5.41) is 7.65. The number of hydrogen-bond acceptors (Lipinski definition) is 2. The Labute approximate surface area is 160 Å². The van der Waals surface area contributed by atoms with Crippen LogP contribution in [0.2, 0.25) is 5.02 Å². The molecule has 1 aromatic carbocycles. The third-order valence-electron chi connectivity index (χ3n) is 4.21. The van der Waals surface area contributed by atoms with Crippen molar-refractivity contribution in [2.24, 2.45) is 4.99 Å². The monoisotopic (exact) mass is 449 g/mol. The van der Waals surface area contributed by atoms with Gasteiger partial charge < -0.3 is 15.4 Å². The summed E-state index contributed by atoms with van der Waals surface area (Å²) in [6.45, 7) is 4.57. The first kappa shape index (κ1) is 18.8. The molecule has 3 rings (SSSR count). The summed E-state index contributed by atoms with van der Waals surface area (Å²) in [4.78, 5) is 4.66. The summed E-state index contributed by atoms with van der Waals surface area (Å²) in [7, 11) is 0. The van der Waals surface area contributed by atoms with E-state index in [1.807, 2.05) is 12.1 Å². The Hall–Kier alpha value is -0.530. The zero-order valence-corrected chi connectivity index (χ0v) is 16.5. The molecule has 0 amide bonds. The van der Waals surface area contributed by atoms with Crippen molar-refractivity contribution in [2.45, 2.75) is 44.2 Å². The van der Waals surface area contributed by atoms with Gasteiger partial charge in [-0.05, 0) is 43.9 Å². The molecule has 0 radical (unpaired) electrons. The molecule has 3 unspecified atom stereocenters. The van der Waals surface area contributed by atoms with Crippen molar-refractivity contribution in [1.29, 1.82) is 0 Å². The minimum atomic E-state index is 0. The van der Waals surface area contributed by atoms with E-state index in [4.69, 9.17) is 16.3 Å². The normalized spacial score (nSPS) is 26.5. The van der Waals surface area contributed by atoms with Gasteiger partial charge in [-0.25, -0.2) is 0 Å². The zero-order chi connectivity index (χ0) is 15.4. The molecule has 23 heavy (non-hydrogen) atoms. The highest BCUT2D eigenvalue weighted by molar-refractivity contribution is 14.0. The summed E-state index contributed by atoms with van der Waals surface area (Å²) < 4.78 is 5.63. The van der Waals surface area contributed by atoms with E-state index in [1.165, 1.54) is 5.56 Å². The number of aliphatic imine (C=N–C) groups is 1. The SMILES string of the molecule is CCNC(=NCC1CCCO1)NC1CC1c1cccc(Cl)c1.I. The van der Waals surface area contributed by atoms with Crippen LogP contribution in [0.4, 0.5) is 0 Å². The number of halogens is 2. The van der Waals surface area contributed by atoms with Gasteiger partial charge in [-0.3, -0.25) is 4.99 Å². The quantitative estimate of drug-likeness (QED) is 0.410. The highest BCUT2D eigenvalue weighted by Gasteiger charge is 2.39. The van der Waals surface area contributed by atoms with E-state index in [2.05, 4.69) is 34.7 Å². The van der Waals surface area contributed by atoms with Crippen molar-refractivity contribution in [3.63, 3.8) is 0 Å². The molecule has 0 aromatic heterocycles. The number of rotatable bonds is 5. The van der Waals surface area contributed by atoms with Gasteiger partial charge in [-0.1, -0.05) is 23.7 Å². The molecule has 0 bridgehead atoms. The van der Waals surface area contributed by atoms with Crippen LogP contribution < -0.4 is 10.6 Å². The first-order chi connectivity index (χ1) is 10.8. The molecule has 1 saturated carbocycles. The fourth-order valence-corrected chi connectivity index (χ4v) is 3.14. The van der Waals surface area contributed by atoms with Crippen molar-refractivity contribution in [3.8, 4) is 0 Å². The molecule has 128 valence electrons. The third-order valence-corrected chi connectivity index (χ3v) is 4.45. The molecule has 2 fully saturated rings. The molecule has 1 aromatic rings. The van der Waals surface area contributed by atoms with Gasteiger partial charge in [0.2, 0.25) is 0 Å². The predicted molar refractivity (Wildman–Crippen MR) is 106 cm³/mol. The fraction of sp³-hybridized carbons (Fsp3) is 0.588. The Morgan fingerprint density at radius 2 is 2.30 bits per heavy atom. The number of benzene rings is 1. The Morgan fingerprint density at radius 3 is 3.00 bits per heavy atom. The highest BCUT2D eigenvalue weighted by atomic mass is 127. The first-order valence-corrected chi connectivity index (χ1v) is 8.56. The third kappa shape index (κ3) is 5.50. The summed E-state index contributed by atoms with van der Waals surface area (Å²) >= 11 is 6.07. The molecule has 1 saturated heterocycles. The van der Waals surface area contributed by atoms with Gasteiger partial charge >= 0.3 is 0 Å². The topological polar surface area (TPSA) is 45.7 Å². The molecule has 1 aliphatic heterocycles. The fourth-order valence-electron chi connectivity index (χ4n) is 2.94. The van der Waals surface area contributed by atoms with Crippen LogP contribution in [0.25, 0.3) is 0 Å². The lowest BCUT2D eigenvalue weighted by Crippen LogP contribution is -2.39. The van der Waals surface area contributed by atoms with Crippen LogP contribution in [0.15, 0.2) is 29.3 Å². The van der Waals surface area contributed by atoms with E-state index in [0.29, 0.717) is 18.1 Å². The molecule has 6 heteroatoms. The minimum Gasteiger partial charge on any atom is -0.376 e. The number of hydrogen-bond donors (Lipinski definition) is 2. The van der Waals surface area contributed by atoms with Crippen LogP contribution >= 0.6 is 35.6 Å². The number of nitrogens with zero attached hydrogens (tertiary/aromatic N) is 1. The van der Waals surface area contributed by atoms with E-state index < -0.39 is 0 Å². The van der Waals surface area contributed by atoms with Crippen molar-refractivity contribution in [2.75, 3.05) is 19.7 Å². The maximum absolute atomic E-state index is 6.07. The predicted octanol–water partition coefficient (Wildman–Crippen LogP) is 3.55. The van der Waals surface area contributed by atoms with Crippen LogP contribution in [-0.4, -0.2) is 37.8 Å². The van der Waals surface area contributed by atoms with Crippen molar-refractivity contribution < 1.29 is 4.74 Å². The van der Waals surface area contributed by atoms with Crippen molar-refractivity contribution in [3.05, 3.63) is 34.9 Å². The molecule has 2 aliphatic rings. The van der Waals surface area contributed by atoms with Crippen molar-refractivity contribution in [1.82, 2.24) is 10.6 Å². The smallest absolute Gasteiger partial charge is 0.191 e. The molecule has 4 nitrogen and oxygen atoms in total. The van der Waals surface area contributed by atoms with Crippen LogP contribution in [0.5, 0.6) is 0 Å². The molecule has 1 aliphatic carbocycles. The summed E-state index contributed by atoms with van der Waals surface area (Å²) in [6, 6.07) is 8.59. The van der Waals surface area contributed by atoms with E-state index in [1.54, 1.807) is 0 Å². The molecule has 1 heterocycles. The van der Waals surface area contributed by atoms with Crippen LogP contribution in [0.3, 0.4) is 0 Å². The van der Waals surface area contributed by atoms with Gasteiger partial charge in [0.15, 0.2) is 5.96 Å². The lowest BCUT2D eigenvalue weighted by molar-refractivity contribution is 0.117. The maximum atomic E-state index is 6.07. The number of nitrogens with one attached hydrogen (secondary N) is 2. The van der Waals surface area contributed by atoms with Crippen LogP contribution in [0.1, 0.15) is 37.7 Å². The van der Waals surface area contributed by atoms with Gasteiger partial charge in [0.05, 0.1) is 12.6 Å². The molecule has 2 N–H and O–H groups in total. The number of ether oxygens (including phenoxy) is 1. The first-order valence-electron chi connectivity index (χ1n) is 8.18. The standard InChI is InChI=1S/C17H24ClN3O.HI/c1-2-19-17(20-11-14-7-4-8-22-14)21-16-10-15(16)12-5-3-6-13(18)9-12;/h3,5-6,9,14-16H,2,4,7-8,10-11H2,1H3,(H2,19,20,21);1H. The van der Waals surface area contributed by atoms with Crippen LogP contribution in [-0.2, 0) is 4.74 Å². The Kier molecular flexibility index (Phi) is 7.43. The average Bonchev–Trinajstić information content (AvgIpc) is 3.07. The van der Waals surface area contributed by atoms with E-state index in [0.717, 1.165) is 49.9 Å². The Morgan fingerprint density at radius 1 is 1.43 bits per heavy atom. The van der Waals surface area contributed by atoms with Gasteiger partial charge in [0.25, 0.3) is 0 Å². The summed E-state index contributed by atoms with van der Waals surface area (Å²) in [5.74, 6) is 1.43. The van der Waals surface area contributed by atoms with Crippen molar-refractivity contribution >= 4 is 41.5 Å². The van der Waals surface area contributed by atoms with Gasteiger partial charge in [0.1, 0.15) is 0 Å². The second-order valence-corrected chi connectivity index (χ2v) is 6.44. The van der Waals surface area contributed by atoms with E-state index in [9.17, 15) is 0 Å². The minimum absolute atomic E-state index is 0. The molecule has 0 spiro atoms. The second-order valence-electron chi connectivity index (χ2n) is 6.00. The lowest BCUT2D eigenvalue weighted by Gasteiger charge is -2.13. The molecular weight excluding hydrogens is 425 g/mol. The largest absolute Gasteiger partial charge is 0.376 e. The lowest BCUT2D eigenvalue weighted by atomic mass is 10.1. The highest BCUT2D eigenvalue weighted by Crippen LogP contribution is 2.41. The van der Waals surface area contributed by atoms with E-state index in [-0.39, 0.29) is 24.0 Å². The molecular formula is C17H25ClIN3O.